The summed E-state index contributed by atoms with van der Waals surface area (Å²) < 4.78 is 0. The second-order valence-electron chi connectivity index (χ2n) is 5.14. The molecule has 25 heavy (non-hydrogen) atoms. The molecule has 0 spiro atoms. The van der Waals surface area contributed by atoms with E-state index in [1.807, 2.05) is 83.1 Å². The summed E-state index contributed by atoms with van der Waals surface area (Å²) in [5.41, 5.74) is 4.68. The molecule has 2 heteroatoms. The van der Waals surface area contributed by atoms with Gasteiger partial charge in [0.25, 0.3) is 0 Å². The summed E-state index contributed by atoms with van der Waals surface area (Å²) in [5.74, 6) is 0.144. The van der Waals surface area contributed by atoms with E-state index < -0.39 is 0 Å². The molecular formula is C23H30O2. The van der Waals surface area contributed by atoms with Gasteiger partial charge in [-0.2, -0.15) is 0 Å². The molecule has 0 heterocycles. The van der Waals surface area contributed by atoms with Gasteiger partial charge in [0.15, 0.2) is 11.6 Å². The van der Waals surface area contributed by atoms with Crippen molar-refractivity contribution in [2.24, 2.45) is 0 Å². The minimum absolute atomic E-state index is 0.0714. The quantitative estimate of drug-likeness (QED) is 0.459. The first kappa shape index (κ1) is 22.5. The Balaban J connectivity index is 0.00000134. The topological polar surface area (TPSA) is 34.1 Å². The Bertz CT molecular complexity index is 690. The Morgan fingerprint density at radius 3 is 1.28 bits per heavy atom. The monoisotopic (exact) mass is 338 g/mol. The molecule has 0 unspecified atom stereocenters. The summed E-state index contributed by atoms with van der Waals surface area (Å²) in [4.78, 5) is 22.5. The Labute approximate surface area is 152 Å². The fraction of sp³-hybridized carbons (Fsp3) is 0.304. The molecule has 0 aromatic heterocycles. The third kappa shape index (κ3) is 7.30. The smallest absolute Gasteiger partial charge is 0.159 e. The Kier molecular flexibility index (Phi) is 10.8. The van der Waals surface area contributed by atoms with Crippen LogP contribution in [0.25, 0.3) is 11.6 Å². The van der Waals surface area contributed by atoms with Gasteiger partial charge in [0, 0.05) is 11.1 Å². The van der Waals surface area contributed by atoms with Crippen LogP contribution in [-0.2, 0) is 0 Å². The molecular weight excluding hydrogens is 308 g/mol. The number of benzene rings is 2. The van der Waals surface area contributed by atoms with Crippen LogP contribution in [0, 0.1) is 0 Å². The van der Waals surface area contributed by atoms with Crippen LogP contribution >= 0.6 is 0 Å². The lowest BCUT2D eigenvalue weighted by molar-refractivity contribution is 0.100. The molecule has 0 fully saturated rings. The highest BCUT2D eigenvalue weighted by Gasteiger charge is 2.01. The number of allylic oxidation sites excluding steroid dienone is 1. The normalized spacial score (nSPS) is 9.96. The van der Waals surface area contributed by atoms with Gasteiger partial charge in [-0.25, -0.2) is 0 Å². The minimum Gasteiger partial charge on any atom is -0.295 e. The zero-order valence-electron chi connectivity index (χ0n) is 16.5. The van der Waals surface area contributed by atoms with Crippen LogP contribution in [0.2, 0.25) is 0 Å². The molecule has 0 radical (unpaired) electrons. The maximum atomic E-state index is 11.3. The number of Topliss-reactive ketones (excluding diaryl/α,β-unsaturated/α-hetero) is 2. The fourth-order valence-electron chi connectivity index (χ4n) is 2.12. The van der Waals surface area contributed by atoms with Gasteiger partial charge >= 0.3 is 0 Å². The zero-order valence-corrected chi connectivity index (χ0v) is 16.5. The van der Waals surface area contributed by atoms with Crippen LogP contribution in [-0.4, -0.2) is 11.6 Å². The number of carbonyl (C=O) groups is 2. The molecule has 134 valence electrons. The first-order chi connectivity index (χ1) is 12.0. The molecule has 0 aliphatic carbocycles. The molecule has 2 aromatic carbocycles. The molecule has 0 atom stereocenters. The second-order valence-corrected chi connectivity index (χ2v) is 5.14. The number of ketones is 2. The minimum atomic E-state index is 0.0714. The van der Waals surface area contributed by atoms with Crippen LogP contribution in [0.15, 0.2) is 48.5 Å². The maximum absolute atomic E-state index is 11.3. The number of hydrogen-bond donors (Lipinski definition) is 0. The predicted molar refractivity (Wildman–Crippen MR) is 109 cm³/mol. The summed E-state index contributed by atoms with van der Waals surface area (Å²) in [6, 6.07) is 15.1. The van der Waals surface area contributed by atoms with Crippen molar-refractivity contribution in [1.29, 1.82) is 0 Å². The van der Waals surface area contributed by atoms with E-state index in [1.54, 1.807) is 13.8 Å². The zero-order chi connectivity index (χ0) is 19.4. The van der Waals surface area contributed by atoms with Crippen molar-refractivity contribution in [2.45, 2.75) is 48.5 Å². The van der Waals surface area contributed by atoms with Crippen molar-refractivity contribution in [2.75, 3.05) is 0 Å². The van der Waals surface area contributed by atoms with Gasteiger partial charge in [0.2, 0.25) is 0 Å². The summed E-state index contributed by atoms with van der Waals surface area (Å²) in [7, 11) is 0. The largest absolute Gasteiger partial charge is 0.295 e. The lowest BCUT2D eigenvalue weighted by Crippen LogP contribution is -1.92. The van der Waals surface area contributed by atoms with E-state index in [4.69, 9.17) is 0 Å². The second kappa shape index (κ2) is 12.0. The van der Waals surface area contributed by atoms with Crippen molar-refractivity contribution >= 4 is 23.2 Å². The molecule has 0 N–H and O–H groups in total. The van der Waals surface area contributed by atoms with Gasteiger partial charge in [0.05, 0.1) is 0 Å². The summed E-state index contributed by atoms with van der Waals surface area (Å²) >= 11 is 0. The van der Waals surface area contributed by atoms with Crippen LogP contribution in [0.5, 0.6) is 0 Å². The Morgan fingerprint density at radius 2 is 0.920 bits per heavy atom. The summed E-state index contributed by atoms with van der Waals surface area (Å²) in [5, 5.41) is 0. The highest BCUT2D eigenvalue weighted by molar-refractivity contribution is 5.95. The van der Waals surface area contributed by atoms with E-state index in [2.05, 4.69) is 6.08 Å². The molecule has 0 bridgehead atoms. The Hall–Kier alpha value is -2.48. The average molecular weight is 338 g/mol. The van der Waals surface area contributed by atoms with E-state index in [9.17, 15) is 9.59 Å². The van der Waals surface area contributed by atoms with E-state index in [1.165, 1.54) is 0 Å². The third-order valence-electron chi connectivity index (χ3n) is 3.45. The summed E-state index contributed by atoms with van der Waals surface area (Å²) in [6.45, 7) is 13.2. The first-order valence-electron chi connectivity index (χ1n) is 8.88. The molecule has 0 aliphatic rings. The van der Waals surface area contributed by atoms with Gasteiger partial charge in [-0.15, -0.1) is 0 Å². The van der Waals surface area contributed by atoms with Gasteiger partial charge in [-0.1, -0.05) is 82.3 Å². The van der Waals surface area contributed by atoms with E-state index in [0.29, 0.717) is 0 Å². The SMILES string of the molecule is CC.CC.CC(=O)c1ccc(/C=C(\C)c2ccc(C(C)=O)cc2)cc1. The van der Waals surface area contributed by atoms with E-state index >= 15 is 0 Å². The van der Waals surface area contributed by atoms with Crippen molar-refractivity contribution in [3.8, 4) is 0 Å². The lowest BCUT2D eigenvalue weighted by Gasteiger charge is -2.04. The number of rotatable bonds is 4. The standard InChI is InChI=1S/C19H18O2.2C2H6/c1-13(17-8-10-19(11-9-17)15(3)21)12-16-4-6-18(7-5-16)14(2)20;2*1-2/h4-12H,1-3H3;2*1-2H3/b13-12+;;. The lowest BCUT2D eigenvalue weighted by atomic mass is 10.0. The molecule has 0 aliphatic heterocycles. The highest BCUT2D eigenvalue weighted by atomic mass is 16.1. The van der Waals surface area contributed by atoms with Gasteiger partial charge in [-0.05, 0) is 37.5 Å². The molecule has 2 aromatic rings. The average Bonchev–Trinajstić information content (AvgIpc) is 2.65. The molecule has 2 rings (SSSR count). The predicted octanol–water partition coefficient (Wildman–Crippen LogP) is 6.70. The number of carbonyl (C=O) groups excluding carboxylic acids is 2. The van der Waals surface area contributed by atoms with Crippen LogP contribution in [0.4, 0.5) is 0 Å². The number of hydrogen-bond acceptors (Lipinski definition) is 2. The molecule has 0 saturated heterocycles. The Morgan fingerprint density at radius 1 is 0.600 bits per heavy atom. The van der Waals surface area contributed by atoms with E-state index in [0.717, 1.165) is 27.8 Å². The first-order valence-corrected chi connectivity index (χ1v) is 8.88. The maximum Gasteiger partial charge on any atom is 0.159 e. The fourth-order valence-corrected chi connectivity index (χ4v) is 2.12. The van der Waals surface area contributed by atoms with Gasteiger partial charge in [-0.3, -0.25) is 9.59 Å². The summed E-state index contributed by atoms with van der Waals surface area (Å²) in [6.07, 6.45) is 2.06. The van der Waals surface area contributed by atoms with Crippen molar-refractivity contribution < 1.29 is 9.59 Å². The molecule has 0 saturated carbocycles. The van der Waals surface area contributed by atoms with Crippen LogP contribution < -0.4 is 0 Å². The van der Waals surface area contributed by atoms with Crippen molar-refractivity contribution in [1.82, 2.24) is 0 Å². The van der Waals surface area contributed by atoms with Crippen molar-refractivity contribution in [3.63, 3.8) is 0 Å². The van der Waals surface area contributed by atoms with E-state index in [-0.39, 0.29) is 11.6 Å². The van der Waals surface area contributed by atoms with Gasteiger partial charge in [0.1, 0.15) is 0 Å². The van der Waals surface area contributed by atoms with Crippen LogP contribution in [0.3, 0.4) is 0 Å². The van der Waals surface area contributed by atoms with Gasteiger partial charge < -0.3 is 0 Å². The molecule has 0 amide bonds. The molecule has 2 nitrogen and oxygen atoms in total. The van der Waals surface area contributed by atoms with Crippen molar-refractivity contribution in [3.05, 3.63) is 70.8 Å². The third-order valence-corrected chi connectivity index (χ3v) is 3.45. The highest BCUT2D eigenvalue weighted by Crippen LogP contribution is 2.19. The van der Waals surface area contributed by atoms with Crippen LogP contribution in [0.1, 0.15) is 80.3 Å².